The molecule has 0 aromatic heterocycles. The molecule has 0 amide bonds. The number of aliphatic hydroxyl groups is 1. The molecule has 9 heteroatoms. The van der Waals surface area contributed by atoms with Crippen LogP contribution in [0.2, 0.25) is 0 Å². The van der Waals surface area contributed by atoms with Gasteiger partial charge in [-0.3, -0.25) is 4.90 Å². The van der Waals surface area contributed by atoms with Crippen molar-refractivity contribution in [2.45, 2.75) is 38.9 Å². The number of esters is 1. The number of hydrogen-bond donors (Lipinski definition) is 1. The lowest BCUT2D eigenvalue weighted by atomic mass is 9.89. The van der Waals surface area contributed by atoms with E-state index in [9.17, 15) is 23.1 Å². The molecule has 0 bridgehead atoms. The van der Waals surface area contributed by atoms with Crippen LogP contribution in [-0.2, 0) is 17.5 Å². The van der Waals surface area contributed by atoms with Gasteiger partial charge in [0.05, 0.1) is 29.9 Å². The van der Waals surface area contributed by atoms with Crippen LogP contribution in [0.15, 0.2) is 42.5 Å². The Kier molecular flexibility index (Phi) is 6.49. The van der Waals surface area contributed by atoms with E-state index in [-0.39, 0.29) is 5.75 Å². The van der Waals surface area contributed by atoms with Crippen LogP contribution in [0, 0.1) is 16.7 Å². The predicted molar refractivity (Wildman–Crippen MR) is 109 cm³/mol. The van der Waals surface area contributed by atoms with Crippen molar-refractivity contribution in [2.75, 3.05) is 13.7 Å². The molecule has 3 rings (SSSR count). The zero-order chi connectivity index (χ0) is 23.7. The highest BCUT2D eigenvalue weighted by molar-refractivity contribution is 5.89. The van der Waals surface area contributed by atoms with E-state index in [0.29, 0.717) is 18.7 Å². The minimum atomic E-state index is -4.70. The molecular formula is C23H23F3N2O4. The van der Waals surface area contributed by atoms with Crippen LogP contribution in [0.25, 0.3) is 0 Å². The van der Waals surface area contributed by atoms with Crippen LogP contribution in [0.5, 0.6) is 5.75 Å². The van der Waals surface area contributed by atoms with Crippen molar-refractivity contribution in [1.82, 2.24) is 4.90 Å². The van der Waals surface area contributed by atoms with Crippen molar-refractivity contribution >= 4 is 5.97 Å². The summed E-state index contributed by atoms with van der Waals surface area (Å²) in [7, 11) is 1.30. The second kappa shape index (κ2) is 8.81. The molecule has 1 unspecified atom stereocenters. The molecule has 2 aromatic rings. The molecule has 0 radical (unpaired) electrons. The lowest BCUT2D eigenvalue weighted by Gasteiger charge is -2.28. The van der Waals surface area contributed by atoms with Crippen LogP contribution < -0.4 is 4.74 Å². The molecule has 1 heterocycles. The third-order valence-electron chi connectivity index (χ3n) is 5.47. The fourth-order valence-electron chi connectivity index (χ4n) is 3.85. The van der Waals surface area contributed by atoms with E-state index in [2.05, 4.69) is 4.74 Å². The van der Waals surface area contributed by atoms with Crippen molar-refractivity contribution in [1.29, 1.82) is 5.26 Å². The summed E-state index contributed by atoms with van der Waals surface area (Å²) in [6.45, 7) is 4.50. The van der Waals surface area contributed by atoms with Gasteiger partial charge >= 0.3 is 12.1 Å². The van der Waals surface area contributed by atoms with Crippen molar-refractivity contribution in [3.63, 3.8) is 0 Å². The smallest absolute Gasteiger partial charge is 0.417 e. The van der Waals surface area contributed by atoms with Gasteiger partial charge in [-0.05, 0) is 35.9 Å². The Hall–Kier alpha value is -3.09. The van der Waals surface area contributed by atoms with Gasteiger partial charge in [-0.15, -0.1) is 0 Å². The number of likely N-dealkylation sites (tertiary alicyclic amines) is 1. The van der Waals surface area contributed by atoms with Crippen LogP contribution in [-0.4, -0.2) is 42.0 Å². The summed E-state index contributed by atoms with van der Waals surface area (Å²) < 4.78 is 50.3. The van der Waals surface area contributed by atoms with E-state index < -0.39 is 41.0 Å². The molecule has 0 aliphatic carbocycles. The van der Waals surface area contributed by atoms with Gasteiger partial charge in [0, 0.05) is 18.5 Å². The van der Waals surface area contributed by atoms with Gasteiger partial charge in [-0.2, -0.15) is 18.4 Å². The summed E-state index contributed by atoms with van der Waals surface area (Å²) in [6, 6.07) is 11.4. The molecular weight excluding hydrogens is 425 g/mol. The van der Waals surface area contributed by atoms with E-state index in [1.54, 1.807) is 29.2 Å². The number of hydrogen-bond acceptors (Lipinski definition) is 6. The first-order chi connectivity index (χ1) is 15.0. The molecule has 170 valence electrons. The Labute approximate surface area is 183 Å². The zero-order valence-electron chi connectivity index (χ0n) is 17.8. The summed E-state index contributed by atoms with van der Waals surface area (Å²) in [6.07, 6.45) is -6.57. The van der Waals surface area contributed by atoms with Gasteiger partial charge < -0.3 is 14.6 Å². The fraction of sp³-hybridized carbons (Fsp3) is 0.391. The number of ether oxygens (including phenoxy) is 2. The average Bonchev–Trinajstić information content (AvgIpc) is 2.95. The van der Waals surface area contributed by atoms with E-state index in [1.807, 2.05) is 13.8 Å². The molecule has 32 heavy (non-hydrogen) atoms. The molecule has 1 N–H and O–H groups in total. The molecule has 1 saturated heterocycles. The number of carbonyl (C=O) groups is 1. The van der Waals surface area contributed by atoms with Crippen molar-refractivity contribution < 1.29 is 32.5 Å². The first kappa shape index (κ1) is 23.6. The van der Waals surface area contributed by atoms with E-state index in [0.717, 1.165) is 17.7 Å². The second-order valence-electron chi connectivity index (χ2n) is 8.35. The Morgan fingerprint density at radius 1 is 1.25 bits per heavy atom. The highest BCUT2D eigenvalue weighted by Crippen LogP contribution is 2.39. The predicted octanol–water partition coefficient (Wildman–Crippen LogP) is 3.97. The Morgan fingerprint density at radius 2 is 1.91 bits per heavy atom. The molecule has 2 atom stereocenters. The van der Waals surface area contributed by atoms with Gasteiger partial charge in [-0.25, -0.2) is 4.79 Å². The van der Waals surface area contributed by atoms with Gasteiger partial charge in [0.25, 0.3) is 0 Å². The lowest BCUT2D eigenvalue weighted by molar-refractivity contribution is -0.138. The zero-order valence-corrected chi connectivity index (χ0v) is 17.8. The van der Waals surface area contributed by atoms with Gasteiger partial charge in [-0.1, -0.05) is 26.0 Å². The number of methoxy groups -OCH3 is 1. The third kappa shape index (κ3) is 4.87. The largest absolute Gasteiger partial charge is 0.486 e. The highest BCUT2D eigenvalue weighted by Gasteiger charge is 2.48. The average molecular weight is 448 g/mol. The first-order valence-corrected chi connectivity index (χ1v) is 9.83. The first-order valence-electron chi connectivity index (χ1n) is 9.83. The normalized spacial score (nSPS) is 20.6. The number of alkyl halides is 3. The maximum Gasteiger partial charge on any atom is 0.417 e. The van der Waals surface area contributed by atoms with Crippen LogP contribution >= 0.6 is 0 Å². The molecule has 0 spiro atoms. The lowest BCUT2D eigenvalue weighted by Crippen LogP contribution is -2.40. The maximum atomic E-state index is 13.3. The Balaban J connectivity index is 1.78. The topological polar surface area (TPSA) is 82.8 Å². The summed E-state index contributed by atoms with van der Waals surface area (Å²) in [4.78, 5) is 13.3. The second-order valence-corrected chi connectivity index (χ2v) is 8.35. The Morgan fingerprint density at radius 3 is 2.47 bits per heavy atom. The maximum absolute atomic E-state index is 13.3. The highest BCUT2D eigenvalue weighted by atomic mass is 19.4. The monoisotopic (exact) mass is 448 g/mol. The number of aliphatic hydroxyl groups excluding tert-OH is 1. The van der Waals surface area contributed by atoms with Crippen molar-refractivity contribution in [3.8, 4) is 11.8 Å². The third-order valence-corrected chi connectivity index (χ3v) is 5.47. The number of carbonyl (C=O) groups excluding carboxylic acids is 1. The molecule has 1 aliphatic rings. The molecule has 6 nitrogen and oxygen atoms in total. The van der Waals surface area contributed by atoms with E-state index in [1.165, 1.54) is 19.2 Å². The standard InChI is InChI=1S/C23H23F3N2O4/c1-22(2)13-28(12-14-4-6-15(7-5-14)21(30)31-3)20(29)19(22)32-17-9-8-16(11-27)18(10-17)23(24,25)26/h4-10,19-20,29H,12-13H2,1-3H3/t19?,20-/m1/s1. The van der Waals surface area contributed by atoms with Gasteiger partial charge in [0.2, 0.25) is 0 Å². The number of rotatable bonds is 5. The number of nitriles is 1. The SMILES string of the molecule is COC(=O)c1ccc(CN2CC(C)(C)C(Oc3ccc(C#N)c(C(F)(F)F)c3)[C@H]2O)cc1. The quantitative estimate of drug-likeness (QED) is 0.697. The minimum Gasteiger partial charge on any atom is -0.486 e. The molecule has 0 saturated carbocycles. The summed E-state index contributed by atoms with van der Waals surface area (Å²) in [5.41, 5.74) is -0.900. The van der Waals surface area contributed by atoms with Crippen molar-refractivity contribution in [3.05, 3.63) is 64.7 Å². The van der Waals surface area contributed by atoms with E-state index >= 15 is 0 Å². The molecule has 1 aliphatic heterocycles. The van der Waals surface area contributed by atoms with Crippen LogP contribution in [0.3, 0.4) is 0 Å². The summed E-state index contributed by atoms with van der Waals surface area (Å²) in [5.74, 6) is -0.522. The van der Waals surface area contributed by atoms with Gasteiger partial charge in [0.15, 0.2) is 0 Å². The summed E-state index contributed by atoms with van der Waals surface area (Å²) >= 11 is 0. The molecule has 1 fully saturated rings. The van der Waals surface area contributed by atoms with E-state index in [4.69, 9.17) is 10.00 Å². The van der Waals surface area contributed by atoms with Crippen molar-refractivity contribution in [2.24, 2.45) is 5.41 Å². The minimum absolute atomic E-state index is 0.0715. The van der Waals surface area contributed by atoms with Crippen LogP contribution in [0.4, 0.5) is 13.2 Å². The van der Waals surface area contributed by atoms with Crippen LogP contribution in [0.1, 0.15) is 40.9 Å². The van der Waals surface area contributed by atoms with Gasteiger partial charge in [0.1, 0.15) is 18.1 Å². The molecule has 2 aromatic carbocycles. The summed E-state index contributed by atoms with van der Waals surface area (Å²) in [5, 5.41) is 19.8. The number of halogens is 3. The Bertz CT molecular complexity index is 1030. The fourth-order valence-corrected chi connectivity index (χ4v) is 3.85. The number of benzene rings is 2. The number of nitrogens with zero attached hydrogens (tertiary/aromatic N) is 2.